The monoisotopic (exact) mass is 249 g/mol. The topological polar surface area (TPSA) is 21.3 Å². The number of nitrogens with one attached hydrogen (secondary N) is 1. The van der Waals surface area contributed by atoms with Gasteiger partial charge in [0, 0.05) is 6.61 Å². The summed E-state index contributed by atoms with van der Waals surface area (Å²) >= 11 is 0. The van der Waals surface area contributed by atoms with Gasteiger partial charge in [-0.25, -0.2) is 0 Å². The van der Waals surface area contributed by atoms with Crippen molar-refractivity contribution in [1.82, 2.24) is 5.32 Å². The van der Waals surface area contributed by atoms with Crippen molar-refractivity contribution in [1.29, 1.82) is 0 Å². The van der Waals surface area contributed by atoms with Crippen LogP contribution >= 0.6 is 0 Å². The molecule has 0 saturated carbocycles. The highest BCUT2D eigenvalue weighted by Gasteiger charge is 2.20. The Morgan fingerprint density at radius 3 is 2.56 bits per heavy atom. The largest absolute Gasteiger partial charge is 0.377 e. The lowest BCUT2D eigenvalue weighted by atomic mass is 9.94. The molecule has 102 valence electrons. The van der Waals surface area contributed by atoms with Crippen LogP contribution in [-0.4, -0.2) is 19.3 Å². The summed E-state index contributed by atoms with van der Waals surface area (Å²) in [5.41, 5.74) is 4.08. The molecule has 2 nitrogen and oxygen atoms in total. The van der Waals surface area contributed by atoms with Crippen LogP contribution in [0.3, 0.4) is 0 Å². The van der Waals surface area contributed by atoms with Crippen molar-refractivity contribution < 1.29 is 4.74 Å². The Balaban J connectivity index is 2.97. The van der Waals surface area contributed by atoms with Crippen LogP contribution in [0.15, 0.2) is 18.2 Å². The Morgan fingerprint density at radius 2 is 1.94 bits per heavy atom. The molecule has 0 amide bonds. The Labute approximate surface area is 112 Å². The molecule has 0 saturated heterocycles. The lowest BCUT2D eigenvalue weighted by molar-refractivity contribution is 0.0471. The third-order valence-corrected chi connectivity index (χ3v) is 3.49. The average molecular weight is 249 g/mol. The summed E-state index contributed by atoms with van der Waals surface area (Å²) in [6.45, 7) is 12.5. The maximum absolute atomic E-state index is 5.79. The Kier molecular flexibility index (Phi) is 6.37. The van der Waals surface area contributed by atoms with Gasteiger partial charge in [-0.3, -0.25) is 0 Å². The van der Waals surface area contributed by atoms with Crippen LogP contribution in [-0.2, 0) is 4.74 Å². The van der Waals surface area contributed by atoms with Crippen molar-refractivity contribution in [3.8, 4) is 0 Å². The van der Waals surface area contributed by atoms with E-state index in [4.69, 9.17) is 4.74 Å². The molecule has 1 rings (SSSR count). The van der Waals surface area contributed by atoms with Crippen molar-refractivity contribution in [3.63, 3.8) is 0 Å². The SMILES string of the molecule is CCCNC(c1cccc(C)c1C)C(C)OCC. The number of rotatable bonds is 7. The van der Waals surface area contributed by atoms with E-state index in [0.29, 0.717) is 0 Å². The molecule has 0 radical (unpaired) electrons. The first-order valence-corrected chi connectivity index (χ1v) is 7.02. The highest BCUT2D eigenvalue weighted by atomic mass is 16.5. The zero-order valence-corrected chi connectivity index (χ0v) is 12.4. The van der Waals surface area contributed by atoms with Crippen LogP contribution in [0, 0.1) is 13.8 Å². The first-order valence-electron chi connectivity index (χ1n) is 7.02. The van der Waals surface area contributed by atoms with Crippen LogP contribution in [0.5, 0.6) is 0 Å². The van der Waals surface area contributed by atoms with Crippen LogP contribution in [0.4, 0.5) is 0 Å². The van der Waals surface area contributed by atoms with Crippen molar-refractivity contribution in [2.45, 2.75) is 53.2 Å². The van der Waals surface area contributed by atoms with Gasteiger partial charge in [-0.15, -0.1) is 0 Å². The van der Waals surface area contributed by atoms with E-state index in [1.165, 1.54) is 16.7 Å². The van der Waals surface area contributed by atoms with Gasteiger partial charge in [0.1, 0.15) is 0 Å². The highest BCUT2D eigenvalue weighted by Crippen LogP contribution is 2.24. The van der Waals surface area contributed by atoms with E-state index >= 15 is 0 Å². The Bertz CT molecular complexity index is 362. The van der Waals surface area contributed by atoms with Crippen molar-refractivity contribution >= 4 is 0 Å². The van der Waals surface area contributed by atoms with Gasteiger partial charge in [-0.2, -0.15) is 0 Å². The van der Waals surface area contributed by atoms with Gasteiger partial charge in [0.15, 0.2) is 0 Å². The number of ether oxygens (including phenoxy) is 1. The van der Waals surface area contributed by atoms with Gasteiger partial charge in [0.25, 0.3) is 0 Å². The standard InChI is InChI=1S/C16H27NO/c1-6-11-17-16(14(5)18-7-2)15-10-8-9-12(3)13(15)4/h8-10,14,16-17H,6-7,11H2,1-5H3. The summed E-state index contributed by atoms with van der Waals surface area (Å²) in [7, 11) is 0. The predicted molar refractivity (Wildman–Crippen MR) is 78.0 cm³/mol. The molecule has 0 aliphatic heterocycles. The fourth-order valence-electron chi connectivity index (χ4n) is 2.30. The van der Waals surface area contributed by atoms with Gasteiger partial charge in [0.2, 0.25) is 0 Å². The molecule has 0 aliphatic rings. The van der Waals surface area contributed by atoms with E-state index in [-0.39, 0.29) is 12.1 Å². The first-order chi connectivity index (χ1) is 8.61. The predicted octanol–water partition coefficient (Wildman–Crippen LogP) is 3.77. The normalized spacial score (nSPS) is 14.5. The van der Waals surface area contributed by atoms with Gasteiger partial charge in [0.05, 0.1) is 12.1 Å². The Hall–Kier alpha value is -0.860. The number of aryl methyl sites for hydroxylation is 1. The molecule has 1 aromatic carbocycles. The van der Waals surface area contributed by atoms with E-state index in [2.05, 4.69) is 58.1 Å². The summed E-state index contributed by atoms with van der Waals surface area (Å²) in [6.07, 6.45) is 1.34. The maximum atomic E-state index is 5.79. The van der Waals surface area contributed by atoms with Gasteiger partial charge in [-0.05, 0) is 57.4 Å². The summed E-state index contributed by atoms with van der Waals surface area (Å²) in [5.74, 6) is 0. The highest BCUT2D eigenvalue weighted by molar-refractivity contribution is 5.35. The van der Waals surface area contributed by atoms with E-state index in [1.807, 2.05) is 0 Å². The second-order valence-corrected chi connectivity index (χ2v) is 4.88. The average Bonchev–Trinajstić information content (AvgIpc) is 2.35. The molecule has 0 fully saturated rings. The fraction of sp³-hybridized carbons (Fsp3) is 0.625. The number of benzene rings is 1. The summed E-state index contributed by atoms with van der Waals surface area (Å²) < 4.78 is 5.79. The van der Waals surface area contributed by atoms with E-state index in [9.17, 15) is 0 Å². The third-order valence-electron chi connectivity index (χ3n) is 3.49. The fourth-order valence-corrected chi connectivity index (χ4v) is 2.30. The zero-order valence-electron chi connectivity index (χ0n) is 12.4. The first kappa shape index (κ1) is 15.2. The minimum absolute atomic E-state index is 0.196. The minimum atomic E-state index is 0.196. The van der Waals surface area contributed by atoms with E-state index in [1.54, 1.807) is 0 Å². The molecule has 0 aliphatic carbocycles. The molecule has 0 heterocycles. The summed E-state index contributed by atoms with van der Waals surface area (Å²) in [5, 5.41) is 3.61. The molecule has 2 atom stereocenters. The molecule has 2 unspecified atom stereocenters. The molecule has 18 heavy (non-hydrogen) atoms. The second-order valence-electron chi connectivity index (χ2n) is 4.88. The van der Waals surface area contributed by atoms with Crippen LogP contribution in [0.2, 0.25) is 0 Å². The second kappa shape index (κ2) is 7.55. The van der Waals surface area contributed by atoms with Gasteiger partial charge in [-0.1, -0.05) is 25.1 Å². The lowest BCUT2D eigenvalue weighted by Gasteiger charge is -2.27. The van der Waals surface area contributed by atoms with Crippen LogP contribution in [0.1, 0.15) is 49.9 Å². The molecule has 1 aromatic rings. The maximum Gasteiger partial charge on any atom is 0.0741 e. The molecule has 0 spiro atoms. The minimum Gasteiger partial charge on any atom is -0.377 e. The van der Waals surface area contributed by atoms with Crippen LogP contribution < -0.4 is 5.32 Å². The summed E-state index contributed by atoms with van der Waals surface area (Å²) in [6, 6.07) is 6.80. The van der Waals surface area contributed by atoms with Crippen molar-refractivity contribution in [3.05, 3.63) is 34.9 Å². The third kappa shape index (κ3) is 3.82. The van der Waals surface area contributed by atoms with E-state index in [0.717, 1.165) is 19.6 Å². The molecule has 1 N–H and O–H groups in total. The molecule has 0 aromatic heterocycles. The lowest BCUT2D eigenvalue weighted by Crippen LogP contribution is -2.33. The number of hydrogen-bond acceptors (Lipinski definition) is 2. The smallest absolute Gasteiger partial charge is 0.0741 e. The quantitative estimate of drug-likeness (QED) is 0.794. The molecular formula is C16H27NO. The zero-order chi connectivity index (χ0) is 13.5. The molecular weight excluding hydrogens is 222 g/mol. The molecule has 0 bridgehead atoms. The van der Waals surface area contributed by atoms with Crippen LogP contribution in [0.25, 0.3) is 0 Å². The Morgan fingerprint density at radius 1 is 1.22 bits per heavy atom. The number of hydrogen-bond donors (Lipinski definition) is 1. The molecule has 2 heteroatoms. The van der Waals surface area contributed by atoms with Gasteiger partial charge >= 0.3 is 0 Å². The van der Waals surface area contributed by atoms with Crippen molar-refractivity contribution in [2.24, 2.45) is 0 Å². The van der Waals surface area contributed by atoms with Gasteiger partial charge < -0.3 is 10.1 Å². The van der Waals surface area contributed by atoms with E-state index < -0.39 is 0 Å². The summed E-state index contributed by atoms with van der Waals surface area (Å²) in [4.78, 5) is 0. The van der Waals surface area contributed by atoms with Crippen molar-refractivity contribution in [2.75, 3.05) is 13.2 Å².